The molecule has 0 spiro atoms. The zero-order valence-electron chi connectivity index (χ0n) is 10.2. The van der Waals surface area contributed by atoms with Gasteiger partial charge in [-0.1, -0.05) is 23.4 Å². The van der Waals surface area contributed by atoms with Crippen LogP contribution in [0.25, 0.3) is 0 Å². The summed E-state index contributed by atoms with van der Waals surface area (Å²) in [7, 11) is 0. The predicted molar refractivity (Wildman–Crippen MR) is 70.4 cm³/mol. The van der Waals surface area contributed by atoms with Gasteiger partial charge in [0.1, 0.15) is 0 Å². The van der Waals surface area contributed by atoms with Crippen molar-refractivity contribution in [3.8, 4) is 0 Å². The van der Waals surface area contributed by atoms with Crippen LogP contribution in [0, 0.1) is 0 Å². The Morgan fingerprint density at radius 2 is 2.05 bits per heavy atom. The van der Waals surface area contributed by atoms with E-state index in [-0.39, 0.29) is 5.91 Å². The van der Waals surface area contributed by atoms with Gasteiger partial charge < -0.3 is 10.5 Å². The molecule has 1 aromatic carbocycles. The van der Waals surface area contributed by atoms with Crippen molar-refractivity contribution in [1.82, 2.24) is 10.2 Å². The Hall–Kier alpha value is -2.76. The van der Waals surface area contributed by atoms with Gasteiger partial charge in [0.2, 0.25) is 0 Å². The van der Waals surface area contributed by atoms with E-state index in [1.54, 1.807) is 37.3 Å². The number of hydrogen-bond acceptors (Lipinski definition) is 5. The van der Waals surface area contributed by atoms with Gasteiger partial charge in [0.15, 0.2) is 0 Å². The minimum atomic E-state index is -0.298. The van der Waals surface area contributed by atoms with Crippen LogP contribution in [0.1, 0.15) is 22.8 Å². The van der Waals surface area contributed by atoms with Gasteiger partial charge in [0.05, 0.1) is 29.4 Å². The average Bonchev–Trinajstić information content (AvgIpc) is 2.48. The molecule has 2 aromatic rings. The quantitative estimate of drug-likeness (QED) is 0.499. The molecule has 0 unspecified atom stereocenters. The molecule has 1 aromatic heterocycles. The molecule has 1 amide bonds. The maximum atomic E-state index is 12.0. The zero-order chi connectivity index (χ0) is 13.7. The average molecular weight is 256 g/mol. The second-order valence-corrected chi connectivity index (χ2v) is 3.82. The summed E-state index contributed by atoms with van der Waals surface area (Å²) in [6.45, 7) is 1.65. The molecule has 0 radical (unpaired) electrons. The van der Waals surface area contributed by atoms with Gasteiger partial charge in [0, 0.05) is 5.56 Å². The fourth-order valence-corrected chi connectivity index (χ4v) is 1.58. The first-order valence-corrected chi connectivity index (χ1v) is 5.58. The van der Waals surface area contributed by atoms with Crippen molar-refractivity contribution in [1.29, 1.82) is 0 Å². The first kappa shape index (κ1) is 12.7. The van der Waals surface area contributed by atoms with Gasteiger partial charge >= 0.3 is 0 Å². The summed E-state index contributed by atoms with van der Waals surface area (Å²) in [5.74, 6) is -0.298. The summed E-state index contributed by atoms with van der Waals surface area (Å²) in [4.78, 5) is 12.0. The van der Waals surface area contributed by atoms with E-state index < -0.39 is 0 Å². The molecule has 96 valence electrons. The number of oxime groups is 1. The van der Waals surface area contributed by atoms with Crippen molar-refractivity contribution in [2.45, 2.75) is 6.92 Å². The summed E-state index contributed by atoms with van der Waals surface area (Å²) in [6, 6.07) is 8.65. The summed E-state index contributed by atoms with van der Waals surface area (Å²) in [5.41, 5.74) is 2.05. The maximum Gasteiger partial charge on any atom is 0.257 e. The van der Waals surface area contributed by atoms with E-state index >= 15 is 0 Å². The second kappa shape index (κ2) is 5.72. The molecule has 0 fully saturated rings. The van der Waals surface area contributed by atoms with Crippen molar-refractivity contribution in [3.05, 3.63) is 53.9 Å². The number of nitrogens with one attached hydrogen (secondary N) is 1. The highest BCUT2D eigenvalue weighted by atomic mass is 16.4. The van der Waals surface area contributed by atoms with E-state index in [9.17, 15) is 4.79 Å². The molecule has 0 aliphatic rings. The second-order valence-electron chi connectivity index (χ2n) is 3.82. The number of anilines is 1. The lowest BCUT2D eigenvalue weighted by molar-refractivity contribution is 0.102. The number of carbonyl (C=O) groups excluding carboxylic acids is 1. The van der Waals surface area contributed by atoms with Gasteiger partial charge in [-0.15, -0.1) is 0 Å². The maximum absolute atomic E-state index is 12.0. The largest absolute Gasteiger partial charge is 0.411 e. The third-order valence-corrected chi connectivity index (χ3v) is 2.56. The van der Waals surface area contributed by atoms with Crippen LogP contribution >= 0.6 is 0 Å². The highest BCUT2D eigenvalue weighted by Crippen LogP contribution is 2.17. The third kappa shape index (κ3) is 2.92. The number of benzene rings is 1. The normalized spacial score (nSPS) is 11.1. The van der Waals surface area contributed by atoms with Crippen LogP contribution in [0.4, 0.5) is 5.69 Å². The monoisotopic (exact) mass is 256 g/mol. The smallest absolute Gasteiger partial charge is 0.257 e. The van der Waals surface area contributed by atoms with E-state index in [0.29, 0.717) is 22.5 Å². The molecular formula is C13H12N4O2. The topological polar surface area (TPSA) is 87.5 Å². The summed E-state index contributed by atoms with van der Waals surface area (Å²) in [5, 5.41) is 22.0. The Bertz CT molecular complexity index is 611. The number of rotatable bonds is 3. The number of hydrogen-bond donors (Lipinski definition) is 2. The van der Waals surface area contributed by atoms with E-state index in [2.05, 4.69) is 20.7 Å². The molecule has 2 rings (SSSR count). The number of amides is 1. The van der Waals surface area contributed by atoms with Crippen LogP contribution in [-0.2, 0) is 0 Å². The standard InChI is InChI=1S/C13H12N4O2/c1-9(17-19)11-4-2-3-5-12(11)16-13(18)10-6-7-14-15-8-10/h2-8,19H,1H3,(H,16,18)/b17-9-. The minimum absolute atomic E-state index is 0.298. The van der Waals surface area contributed by atoms with E-state index in [1.165, 1.54) is 12.4 Å². The fourth-order valence-electron chi connectivity index (χ4n) is 1.58. The molecule has 2 N–H and O–H groups in total. The minimum Gasteiger partial charge on any atom is -0.411 e. The molecule has 0 atom stereocenters. The van der Waals surface area contributed by atoms with Crippen LogP contribution in [0.3, 0.4) is 0 Å². The molecule has 0 aliphatic carbocycles. The van der Waals surface area contributed by atoms with Crippen molar-refractivity contribution < 1.29 is 10.0 Å². The van der Waals surface area contributed by atoms with Gasteiger partial charge in [-0.2, -0.15) is 10.2 Å². The van der Waals surface area contributed by atoms with Gasteiger partial charge in [0.25, 0.3) is 5.91 Å². The fraction of sp³-hybridized carbons (Fsp3) is 0.0769. The Balaban J connectivity index is 2.27. The van der Waals surface area contributed by atoms with Crippen molar-refractivity contribution in [3.63, 3.8) is 0 Å². The Morgan fingerprint density at radius 1 is 1.26 bits per heavy atom. The molecule has 19 heavy (non-hydrogen) atoms. The molecular weight excluding hydrogens is 244 g/mol. The van der Waals surface area contributed by atoms with Crippen LogP contribution in [0.2, 0.25) is 0 Å². The van der Waals surface area contributed by atoms with Crippen LogP contribution in [0.5, 0.6) is 0 Å². The van der Waals surface area contributed by atoms with E-state index in [4.69, 9.17) is 5.21 Å². The van der Waals surface area contributed by atoms with Crippen LogP contribution in [0.15, 0.2) is 47.9 Å². The molecule has 0 aliphatic heterocycles. The van der Waals surface area contributed by atoms with E-state index in [1.807, 2.05) is 0 Å². The number of carbonyl (C=O) groups is 1. The predicted octanol–water partition coefficient (Wildman–Crippen LogP) is 1.93. The Morgan fingerprint density at radius 3 is 2.74 bits per heavy atom. The lowest BCUT2D eigenvalue weighted by atomic mass is 10.1. The van der Waals surface area contributed by atoms with Crippen LogP contribution in [-0.4, -0.2) is 27.0 Å². The molecule has 0 saturated carbocycles. The van der Waals surface area contributed by atoms with Crippen LogP contribution < -0.4 is 5.32 Å². The molecule has 6 heteroatoms. The van der Waals surface area contributed by atoms with Gasteiger partial charge in [-0.3, -0.25) is 4.79 Å². The van der Waals surface area contributed by atoms with Gasteiger partial charge in [-0.25, -0.2) is 0 Å². The van der Waals surface area contributed by atoms with Crippen molar-refractivity contribution in [2.24, 2.45) is 5.16 Å². The lowest BCUT2D eigenvalue weighted by Gasteiger charge is -2.09. The Kier molecular flexibility index (Phi) is 3.82. The Labute approximate surface area is 109 Å². The highest BCUT2D eigenvalue weighted by Gasteiger charge is 2.10. The van der Waals surface area contributed by atoms with Crippen molar-refractivity contribution >= 4 is 17.3 Å². The number of aromatic nitrogens is 2. The third-order valence-electron chi connectivity index (χ3n) is 2.56. The number of para-hydroxylation sites is 1. The summed E-state index contributed by atoms with van der Waals surface area (Å²) >= 11 is 0. The number of nitrogens with zero attached hydrogens (tertiary/aromatic N) is 3. The highest BCUT2D eigenvalue weighted by molar-refractivity contribution is 6.10. The van der Waals surface area contributed by atoms with Crippen molar-refractivity contribution in [2.75, 3.05) is 5.32 Å². The molecule has 0 saturated heterocycles. The first-order valence-electron chi connectivity index (χ1n) is 5.58. The zero-order valence-corrected chi connectivity index (χ0v) is 10.2. The SMILES string of the molecule is C/C(=N/O)c1ccccc1NC(=O)c1ccnnc1. The first-order chi connectivity index (χ1) is 9.22. The van der Waals surface area contributed by atoms with E-state index in [0.717, 1.165) is 0 Å². The lowest BCUT2D eigenvalue weighted by Crippen LogP contribution is -2.14. The summed E-state index contributed by atoms with van der Waals surface area (Å²) in [6.07, 6.45) is 2.83. The van der Waals surface area contributed by atoms with Gasteiger partial charge in [-0.05, 0) is 19.1 Å². The molecule has 0 bridgehead atoms. The molecule has 6 nitrogen and oxygen atoms in total. The molecule has 1 heterocycles. The summed E-state index contributed by atoms with van der Waals surface area (Å²) < 4.78 is 0.